The summed E-state index contributed by atoms with van der Waals surface area (Å²) in [5, 5.41) is 0. The standard InChI is InChI=1S/C14H20FNO2/c1-3-6-17-14-11(16)8-13(14)18-12-7-9(2)4-5-10(12)15/h4-5,7,11,13-14H,3,6,8,16H2,1-2H3. The summed E-state index contributed by atoms with van der Waals surface area (Å²) in [4.78, 5) is 0. The van der Waals surface area contributed by atoms with Crippen LogP contribution in [0.25, 0.3) is 0 Å². The van der Waals surface area contributed by atoms with Crippen molar-refractivity contribution in [3.05, 3.63) is 29.6 Å². The Morgan fingerprint density at radius 3 is 2.89 bits per heavy atom. The van der Waals surface area contributed by atoms with Crippen molar-refractivity contribution in [3.8, 4) is 5.75 Å². The van der Waals surface area contributed by atoms with E-state index in [4.69, 9.17) is 15.2 Å². The number of aryl methyl sites for hydroxylation is 1. The fraction of sp³-hybridized carbons (Fsp3) is 0.571. The van der Waals surface area contributed by atoms with Crippen LogP contribution in [0.4, 0.5) is 4.39 Å². The van der Waals surface area contributed by atoms with Gasteiger partial charge in [-0.1, -0.05) is 13.0 Å². The molecule has 0 saturated heterocycles. The molecule has 0 radical (unpaired) electrons. The van der Waals surface area contributed by atoms with E-state index in [-0.39, 0.29) is 29.8 Å². The topological polar surface area (TPSA) is 44.5 Å². The number of nitrogens with two attached hydrogens (primary N) is 1. The molecule has 0 amide bonds. The molecule has 100 valence electrons. The first kappa shape index (κ1) is 13.3. The number of hydrogen-bond donors (Lipinski definition) is 1. The van der Waals surface area contributed by atoms with Crippen LogP contribution in [0.1, 0.15) is 25.3 Å². The van der Waals surface area contributed by atoms with Gasteiger partial charge in [0.1, 0.15) is 12.2 Å². The molecule has 0 bridgehead atoms. The van der Waals surface area contributed by atoms with E-state index in [2.05, 4.69) is 0 Å². The van der Waals surface area contributed by atoms with E-state index in [1.54, 1.807) is 12.1 Å². The third kappa shape index (κ3) is 2.82. The van der Waals surface area contributed by atoms with Crippen LogP contribution in [0.5, 0.6) is 5.75 Å². The second kappa shape index (κ2) is 5.67. The maximum absolute atomic E-state index is 13.6. The Hall–Kier alpha value is -1.13. The van der Waals surface area contributed by atoms with Crippen LogP contribution in [0.15, 0.2) is 18.2 Å². The number of hydrogen-bond acceptors (Lipinski definition) is 3. The van der Waals surface area contributed by atoms with E-state index in [1.165, 1.54) is 6.07 Å². The molecule has 2 rings (SSSR count). The van der Waals surface area contributed by atoms with Crippen LogP contribution < -0.4 is 10.5 Å². The average Bonchev–Trinajstić information content (AvgIpc) is 2.33. The molecule has 0 aliphatic heterocycles. The summed E-state index contributed by atoms with van der Waals surface area (Å²) in [5.41, 5.74) is 6.85. The van der Waals surface area contributed by atoms with E-state index < -0.39 is 0 Å². The van der Waals surface area contributed by atoms with Gasteiger partial charge in [-0.15, -0.1) is 0 Å². The lowest BCUT2D eigenvalue weighted by Crippen LogP contribution is -2.59. The maximum atomic E-state index is 13.6. The first-order valence-electron chi connectivity index (χ1n) is 6.41. The fourth-order valence-electron chi connectivity index (χ4n) is 2.08. The van der Waals surface area contributed by atoms with Crippen LogP contribution in [0.3, 0.4) is 0 Å². The highest BCUT2D eigenvalue weighted by Gasteiger charge is 2.41. The molecule has 1 aromatic rings. The zero-order valence-electron chi connectivity index (χ0n) is 10.9. The minimum atomic E-state index is -0.338. The monoisotopic (exact) mass is 253 g/mol. The largest absolute Gasteiger partial charge is 0.485 e. The van der Waals surface area contributed by atoms with Crippen molar-refractivity contribution in [2.45, 2.75) is 44.9 Å². The molecule has 1 aliphatic carbocycles. The van der Waals surface area contributed by atoms with Gasteiger partial charge in [-0.2, -0.15) is 0 Å². The molecule has 0 spiro atoms. The molecule has 3 nitrogen and oxygen atoms in total. The zero-order valence-corrected chi connectivity index (χ0v) is 10.9. The molecule has 2 N–H and O–H groups in total. The second-order valence-corrected chi connectivity index (χ2v) is 4.83. The molecule has 1 aliphatic rings. The van der Waals surface area contributed by atoms with Crippen LogP contribution in [0.2, 0.25) is 0 Å². The van der Waals surface area contributed by atoms with Crippen LogP contribution in [-0.2, 0) is 4.74 Å². The molecule has 1 aromatic carbocycles. The van der Waals surface area contributed by atoms with Gasteiger partial charge in [0.25, 0.3) is 0 Å². The van der Waals surface area contributed by atoms with Gasteiger partial charge in [-0.05, 0) is 31.0 Å². The summed E-state index contributed by atoms with van der Waals surface area (Å²) < 4.78 is 24.9. The summed E-state index contributed by atoms with van der Waals surface area (Å²) in [7, 11) is 0. The fourth-order valence-corrected chi connectivity index (χ4v) is 2.08. The summed E-state index contributed by atoms with van der Waals surface area (Å²) in [6, 6.07) is 4.84. The minimum absolute atomic E-state index is 0.00517. The predicted molar refractivity (Wildman–Crippen MR) is 68.2 cm³/mol. The lowest BCUT2D eigenvalue weighted by atomic mass is 9.86. The van der Waals surface area contributed by atoms with E-state index >= 15 is 0 Å². The summed E-state index contributed by atoms with van der Waals surface area (Å²) in [5.74, 6) is -0.0488. The van der Waals surface area contributed by atoms with Gasteiger partial charge in [0.15, 0.2) is 11.6 Å². The van der Waals surface area contributed by atoms with Crippen LogP contribution >= 0.6 is 0 Å². The highest BCUT2D eigenvalue weighted by atomic mass is 19.1. The summed E-state index contributed by atoms with van der Waals surface area (Å²) in [6.45, 7) is 4.61. The van der Waals surface area contributed by atoms with E-state index in [1.807, 2.05) is 13.8 Å². The third-order valence-electron chi connectivity index (χ3n) is 3.17. The van der Waals surface area contributed by atoms with Gasteiger partial charge >= 0.3 is 0 Å². The molecule has 0 aromatic heterocycles. The van der Waals surface area contributed by atoms with Crippen molar-refractivity contribution in [3.63, 3.8) is 0 Å². The predicted octanol–water partition coefficient (Wildman–Crippen LogP) is 2.41. The molecule has 3 atom stereocenters. The van der Waals surface area contributed by atoms with Gasteiger partial charge in [0.05, 0.1) is 0 Å². The zero-order chi connectivity index (χ0) is 13.1. The van der Waals surface area contributed by atoms with Gasteiger partial charge in [-0.3, -0.25) is 0 Å². The van der Waals surface area contributed by atoms with Gasteiger partial charge in [-0.25, -0.2) is 4.39 Å². The SMILES string of the molecule is CCCOC1C(N)CC1Oc1cc(C)ccc1F. The number of halogens is 1. The Labute approximate surface area is 107 Å². The van der Waals surface area contributed by atoms with Crippen molar-refractivity contribution in [1.82, 2.24) is 0 Å². The van der Waals surface area contributed by atoms with Crippen molar-refractivity contribution >= 4 is 0 Å². The lowest BCUT2D eigenvalue weighted by Gasteiger charge is -2.41. The van der Waals surface area contributed by atoms with Gasteiger partial charge in [0.2, 0.25) is 0 Å². The van der Waals surface area contributed by atoms with Crippen molar-refractivity contribution in [2.75, 3.05) is 6.61 Å². The van der Waals surface area contributed by atoms with Gasteiger partial charge < -0.3 is 15.2 Å². The first-order chi connectivity index (χ1) is 8.61. The Morgan fingerprint density at radius 2 is 2.22 bits per heavy atom. The van der Waals surface area contributed by atoms with Gasteiger partial charge in [0, 0.05) is 19.1 Å². The smallest absolute Gasteiger partial charge is 0.165 e. The van der Waals surface area contributed by atoms with E-state index in [0.29, 0.717) is 13.0 Å². The Balaban J connectivity index is 1.98. The Bertz CT molecular complexity index is 411. The number of ether oxygens (including phenoxy) is 2. The van der Waals surface area contributed by atoms with Crippen LogP contribution in [-0.4, -0.2) is 24.9 Å². The number of benzene rings is 1. The Kier molecular flexibility index (Phi) is 4.19. The molecule has 4 heteroatoms. The second-order valence-electron chi connectivity index (χ2n) is 4.83. The van der Waals surface area contributed by atoms with Crippen molar-refractivity contribution < 1.29 is 13.9 Å². The highest BCUT2D eigenvalue weighted by Crippen LogP contribution is 2.29. The molecule has 1 saturated carbocycles. The average molecular weight is 253 g/mol. The normalized spacial score (nSPS) is 26.8. The minimum Gasteiger partial charge on any atom is -0.485 e. The maximum Gasteiger partial charge on any atom is 0.165 e. The van der Waals surface area contributed by atoms with Crippen molar-refractivity contribution in [2.24, 2.45) is 5.73 Å². The van der Waals surface area contributed by atoms with E-state index in [9.17, 15) is 4.39 Å². The third-order valence-corrected chi connectivity index (χ3v) is 3.17. The van der Waals surface area contributed by atoms with E-state index in [0.717, 1.165) is 12.0 Å². The molecular weight excluding hydrogens is 233 g/mol. The summed E-state index contributed by atoms with van der Waals surface area (Å²) >= 11 is 0. The lowest BCUT2D eigenvalue weighted by molar-refractivity contribution is -0.0989. The Morgan fingerprint density at radius 1 is 1.44 bits per heavy atom. The molecule has 1 fully saturated rings. The number of rotatable bonds is 5. The molecule has 0 heterocycles. The highest BCUT2D eigenvalue weighted by molar-refractivity contribution is 5.30. The summed E-state index contributed by atoms with van der Waals surface area (Å²) in [6.07, 6.45) is 1.39. The quantitative estimate of drug-likeness (QED) is 0.876. The first-order valence-corrected chi connectivity index (χ1v) is 6.41. The molecule has 3 unspecified atom stereocenters. The molecular formula is C14H20FNO2. The molecule has 18 heavy (non-hydrogen) atoms. The van der Waals surface area contributed by atoms with Crippen molar-refractivity contribution in [1.29, 1.82) is 0 Å². The van der Waals surface area contributed by atoms with Crippen LogP contribution in [0, 0.1) is 12.7 Å².